The van der Waals surface area contributed by atoms with Crippen LogP contribution in [-0.4, -0.2) is 22.5 Å². The molecule has 2 N–H and O–H groups in total. The maximum absolute atomic E-state index is 12.6. The van der Waals surface area contributed by atoms with Crippen molar-refractivity contribution in [3.63, 3.8) is 0 Å². The van der Waals surface area contributed by atoms with Crippen molar-refractivity contribution in [2.45, 2.75) is 13.8 Å². The summed E-state index contributed by atoms with van der Waals surface area (Å²) >= 11 is 0. The van der Waals surface area contributed by atoms with Gasteiger partial charge in [0.2, 0.25) is 0 Å². The number of anilines is 3. The maximum atomic E-state index is 12.6. The molecule has 0 spiro atoms. The van der Waals surface area contributed by atoms with Crippen LogP contribution >= 0.6 is 0 Å². The highest BCUT2D eigenvalue weighted by Gasteiger charge is 2.12. The molecule has 0 atom stereocenters. The molecule has 0 unspecified atom stereocenters. The molecule has 3 rings (SSSR count). The van der Waals surface area contributed by atoms with E-state index in [-0.39, 0.29) is 11.6 Å². The summed E-state index contributed by atoms with van der Waals surface area (Å²) in [6.07, 6.45) is 1.37. The Balaban J connectivity index is 1.78. The summed E-state index contributed by atoms with van der Waals surface area (Å²) in [6.45, 7) is 4.42. The first-order chi connectivity index (χ1) is 12.7. The Morgan fingerprint density at radius 2 is 1.77 bits per heavy atom. The molecule has 1 amide bonds. The summed E-state index contributed by atoms with van der Waals surface area (Å²) in [6, 6.07) is 16.8. The van der Waals surface area contributed by atoms with Crippen molar-refractivity contribution in [1.29, 1.82) is 0 Å². The SMILES string of the molecule is CCOc1ccccc1NC(=O)c1cc(Nc2ccccc2C)ncn1. The van der Waals surface area contributed by atoms with Crippen LogP contribution in [0.15, 0.2) is 60.9 Å². The average molecular weight is 348 g/mol. The van der Waals surface area contributed by atoms with Gasteiger partial charge in [0.15, 0.2) is 0 Å². The van der Waals surface area contributed by atoms with Crippen LogP contribution in [0.1, 0.15) is 23.0 Å². The molecule has 0 aliphatic carbocycles. The van der Waals surface area contributed by atoms with Gasteiger partial charge in [-0.25, -0.2) is 9.97 Å². The lowest BCUT2D eigenvalue weighted by atomic mass is 10.2. The predicted molar refractivity (Wildman–Crippen MR) is 102 cm³/mol. The van der Waals surface area contributed by atoms with Crippen molar-refractivity contribution in [3.8, 4) is 5.75 Å². The number of aryl methyl sites for hydroxylation is 1. The average Bonchev–Trinajstić information content (AvgIpc) is 2.66. The van der Waals surface area contributed by atoms with E-state index in [0.717, 1.165) is 11.3 Å². The van der Waals surface area contributed by atoms with Crippen molar-refractivity contribution in [3.05, 3.63) is 72.2 Å². The summed E-state index contributed by atoms with van der Waals surface area (Å²) < 4.78 is 5.53. The van der Waals surface area contributed by atoms with Gasteiger partial charge in [-0.3, -0.25) is 4.79 Å². The standard InChI is InChI=1S/C20H20N4O2/c1-3-26-18-11-7-6-10-16(18)24-20(25)17-12-19(22-13-21-17)23-15-9-5-4-8-14(15)2/h4-13H,3H2,1-2H3,(H,24,25)(H,21,22,23). The summed E-state index contributed by atoms with van der Waals surface area (Å²) in [5.74, 6) is 0.848. The molecule has 0 fully saturated rings. The molecule has 6 heteroatoms. The van der Waals surface area contributed by atoms with E-state index in [1.54, 1.807) is 12.1 Å². The highest BCUT2D eigenvalue weighted by Crippen LogP contribution is 2.24. The van der Waals surface area contributed by atoms with Gasteiger partial charge in [0.25, 0.3) is 5.91 Å². The third kappa shape index (κ3) is 4.16. The van der Waals surface area contributed by atoms with Gasteiger partial charge in [-0.05, 0) is 37.6 Å². The van der Waals surface area contributed by atoms with Crippen LogP contribution < -0.4 is 15.4 Å². The van der Waals surface area contributed by atoms with Gasteiger partial charge in [0, 0.05) is 11.8 Å². The predicted octanol–water partition coefficient (Wildman–Crippen LogP) is 4.18. The number of carbonyl (C=O) groups is 1. The number of carbonyl (C=O) groups excluding carboxylic acids is 1. The van der Waals surface area contributed by atoms with Gasteiger partial charge in [-0.15, -0.1) is 0 Å². The second-order valence-corrected chi connectivity index (χ2v) is 5.61. The first-order valence-electron chi connectivity index (χ1n) is 8.35. The molecule has 26 heavy (non-hydrogen) atoms. The molecule has 0 radical (unpaired) electrons. The van der Waals surface area contributed by atoms with Crippen LogP contribution in [0.2, 0.25) is 0 Å². The second-order valence-electron chi connectivity index (χ2n) is 5.61. The molecule has 0 saturated carbocycles. The first kappa shape index (κ1) is 17.4. The summed E-state index contributed by atoms with van der Waals surface area (Å²) in [5.41, 5.74) is 2.88. The summed E-state index contributed by atoms with van der Waals surface area (Å²) in [7, 11) is 0. The van der Waals surface area contributed by atoms with E-state index < -0.39 is 0 Å². The number of hydrogen-bond donors (Lipinski definition) is 2. The van der Waals surface area contributed by atoms with Crippen LogP contribution in [0.25, 0.3) is 0 Å². The zero-order valence-corrected chi connectivity index (χ0v) is 14.7. The van der Waals surface area contributed by atoms with Crippen molar-refractivity contribution >= 4 is 23.1 Å². The van der Waals surface area contributed by atoms with Crippen molar-refractivity contribution in [1.82, 2.24) is 9.97 Å². The van der Waals surface area contributed by atoms with E-state index in [4.69, 9.17) is 4.74 Å². The number of nitrogens with one attached hydrogen (secondary N) is 2. The topological polar surface area (TPSA) is 76.1 Å². The fourth-order valence-electron chi connectivity index (χ4n) is 2.44. The Hall–Kier alpha value is -3.41. The Kier molecular flexibility index (Phi) is 5.43. The van der Waals surface area contributed by atoms with E-state index in [0.29, 0.717) is 23.9 Å². The van der Waals surface area contributed by atoms with E-state index in [1.807, 2.05) is 56.3 Å². The third-order valence-corrected chi connectivity index (χ3v) is 3.74. The molecule has 0 aliphatic heterocycles. The maximum Gasteiger partial charge on any atom is 0.274 e. The zero-order chi connectivity index (χ0) is 18.4. The highest BCUT2D eigenvalue weighted by atomic mass is 16.5. The number of para-hydroxylation sites is 3. The van der Waals surface area contributed by atoms with Crippen LogP contribution in [0, 0.1) is 6.92 Å². The van der Waals surface area contributed by atoms with Crippen molar-refractivity contribution < 1.29 is 9.53 Å². The van der Waals surface area contributed by atoms with E-state index in [2.05, 4.69) is 20.6 Å². The first-order valence-corrected chi connectivity index (χ1v) is 8.35. The van der Waals surface area contributed by atoms with Crippen LogP contribution in [0.5, 0.6) is 5.75 Å². The molecular weight excluding hydrogens is 328 g/mol. The second kappa shape index (κ2) is 8.11. The molecule has 1 heterocycles. The molecule has 132 valence electrons. The number of rotatable bonds is 6. The van der Waals surface area contributed by atoms with Crippen LogP contribution in [0.3, 0.4) is 0 Å². The minimum atomic E-state index is -0.326. The summed E-state index contributed by atoms with van der Waals surface area (Å²) in [5, 5.41) is 6.04. The van der Waals surface area contributed by atoms with Crippen LogP contribution in [0.4, 0.5) is 17.2 Å². The number of nitrogens with zero attached hydrogens (tertiary/aromatic N) is 2. The normalized spacial score (nSPS) is 10.2. The fraction of sp³-hybridized carbons (Fsp3) is 0.150. The Labute approximate surface area is 152 Å². The zero-order valence-electron chi connectivity index (χ0n) is 14.7. The van der Waals surface area contributed by atoms with E-state index >= 15 is 0 Å². The number of benzene rings is 2. The minimum Gasteiger partial charge on any atom is -0.492 e. The van der Waals surface area contributed by atoms with E-state index in [1.165, 1.54) is 6.33 Å². The number of ether oxygens (including phenoxy) is 1. The molecule has 0 bridgehead atoms. The molecule has 1 aromatic heterocycles. The fourth-order valence-corrected chi connectivity index (χ4v) is 2.44. The van der Waals surface area contributed by atoms with Crippen molar-refractivity contribution in [2.75, 3.05) is 17.2 Å². The molecule has 3 aromatic rings. The monoisotopic (exact) mass is 348 g/mol. The Morgan fingerprint density at radius 1 is 1.04 bits per heavy atom. The number of aromatic nitrogens is 2. The largest absolute Gasteiger partial charge is 0.492 e. The van der Waals surface area contributed by atoms with Gasteiger partial charge in [-0.1, -0.05) is 30.3 Å². The minimum absolute atomic E-state index is 0.266. The van der Waals surface area contributed by atoms with Gasteiger partial charge >= 0.3 is 0 Å². The third-order valence-electron chi connectivity index (χ3n) is 3.74. The quantitative estimate of drug-likeness (QED) is 0.699. The number of amides is 1. The smallest absolute Gasteiger partial charge is 0.274 e. The Morgan fingerprint density at radius 3 is 2.54 bits per heavy atom. The van der Waals surface area contributed by atoms with Crippen molar-refractivity contribution in [2.24, 2.45) is 0 Å². The van der Waals surface area contributed by atoms with Crippen LogP contribution in [-0.2, 0) is 0 Å². The van der Waals surface area contributed by atoms with Gasteiger partial charge < -0.3 is 15.4 Å². The lowest BCUT2D eigenvalue weighted by Gasteiger charge is -2.12. The van der Waals surface area contributed by atoms with E-state index in [9.17, 15) is 4.79 Å². The lowest BCUT2D eigenvalue weighted by molar-refractivity contribution is 0.102. The molecular formula is C20H20N4O2. The Bertz CT molecular complexity index is 912. The van der Waals surface area contributed by atoms with Gasteiger partial charge in [0.05, 0.1) is 12.3 Å². The van der Waals surface area contributed by atoms with Gasteiger partial charge in [0.1, 0.15) is 23.6 Å². The molecule has 6 nitrogen and oxygen atoms in total. The summed E-state index contributed by atoms with van der Waals surface area (Å²) in [4.78, 5) is 20.8. The molecule has 0 aliphatic rings. The molecule has 0 saturated heterocycles. The highest BCUT2D eigenvalue weighted by molar-refractivity contribution is 6.04. The lowest BCUT2D eigenvalue weighted by Crippen LogP contribution is -2.15. The molecule has 2 aromatic carbocycles. The number of hydrogen-bond acceptors (Lipinski definition) is 5. The van der Waals surface area contributed by atoms with Gasteiger partial charge in [-0.2, -0.15) is 0 Å².